The largest absolute Gasteiger partial charge is 0.469 e. The molecule has 0 aliphatic heterocycles. The standard InChI is InChI=1S/C31H44O8/c1-16(10-18(33)11-17(2)27(38)39-7)19-12-24(37)31(6)26-20(34)13-22-28(3,9-8-23(36)29(22,4)15-32)25(26)21(35)14-30(19,31)5/h16-17,19,22,24,32,37H,8-15H2,1-7H3/t16-,17+,19-,22-,24-,28+,29+,30-,31+/m1/s1. The predicted molar refractivity (Wildman–Crippen MR) is 142 cm³/mol. The van der Waals surface area contributed by atoms with Gasteiger partial charge in [0.25, 0.3) is 0 Å². The summed E-state index contributed by atoms with van der Waals surface area (Å²) in [4.78, 5) is 65.7. The third kappa shape index (κ3) is 4.03. The van der Waals surface area contributed by atoms with Crippen molar-refractivity contribution in [2.75, 3.05) is 13.7 Å². The highest BCUT2D eigenvalue weighted by molar-refractivity contribution is 6.12. The van der Waals surface area contributed by atoms with Crippen LogP contribution >= 0.6 is 0 Å². The second-order valence-corrected chi connectivity index (χ2v) is 13.8. The Labute approximate surface area is 230 Å². The van der Waals surface area contributed by atoms with Crippen LogP contribution in [0.15, 0.2) is 11.1 Å². The monoisotopic (exact) mass is 544 g/mol. The number of fused-ring (bicyclic) bond motifs is 4. The van der Waals surface area contributed by atoms with Crippen molar-refractivity contribution in [2.24, 2.45) is 45.3 Å². The molecule has 0 unspecified atom stereocenters. The molecule has 0 aromatic carbocycles. The summed E-state index contributed by atoms with van der Waals surface area (Å²) in [5.41, 5.74) is -2.73. The molecule has 9 atom stereocenters. The first kappa shape index (κ1) is 29.8. The molecule has 8 nitrogen and oxygen atoms in total. The van der Waals surface area contributed by atoms with E-state index < -0.39 is 45.6 Å². The van der Waals surface area contributed by atoms with Crippen molar-refractivity contribution in [3.63, 3.8) is 0 Å². The maximum absolute atomic E-state index is 14.1. The van der Waals surface area contributed by atoms with E-state index in [1.807, 2.05) is 27.7 Å². The van der Waals surface area contributed by atoms with Crippen LogP contribution in [-0.4, -0.2) is 59.1 Å². The molecule has 0 saturated heterocycles. The molecule has 0 spiro atoms. The first-order valence-electron chi connectivity index (χ1n) is 14.3. The first-order valence-corrected chi connectivity index (χ1v) is 14.3. The van der Waals surface area contributed by atoms with E-state index in [2.05, 4.69) is 0 Å². The van der Waals surface area contributed by atoms with Gasteiger partial charge >= 0.3 is 5.97 Å². The van der Waals surface area contributed by atoms with Crippen LogP contribution in [0.3, 0.4) is 0 Å². The van der Waals surface area contributed by atoms with Gasteiger partial charge in [-0.15, -0.1) is 0 Å². The van der Waals surface area contributed by atoms with Crippen molar-refractivity contribution >= 4 is 29.1 Å². The summed E-state index contributed by atoms with van der Waals surface area (Å²) >= 11 is 0. The van der Waals surface area contributed by atoms with Gasteiger partial charge in [0.05, 0.1) is 31.2 Å². The Morgan fingerprint density at radius 1 is 1.03 bits per heavy atom. The van der Waals surface area contributed by atoms with E-state index in [-0.39, 0.29) is 73.7 Å². The Kier molecular flexibility index (Phi) is 7.42. The van der Waals surface area contributed by atoms with Crippen LogP contribution in [-0.2, 0) is 28.7 Å². The van der Waals surface area contributed by atoms with Crippen LogP contribution in [0.25, 0.3) is 0 Å². The van der Waals surface area contributed by atoms with E-state index in [1.54, 1.807) is 13.8 Å². The molecule has 0 aromatic heterocycles. The summed E-state index contributed by atoms with van der Waals surface area (Å²) < 4.78 is 4.74. The van der Waals surface area contributed by atoms with E-state index >= 15 is 0 Å². The van der Waals surface area contributed by atoms with Gasteiger partial charge in [-0.1, -0.05) is 41.5 Å². The fourth-order valence-corrected chi connectivity index (χ4v) is 9.16. The molecule has 0 radical (unpaired) electrons. The molecule has 0 heterocycles. The Hall–Kier alpha value is -2.19. The lowest BCUT2D eigenvalue weighted by Gasteiger charge is -2.59. The summed E-state index contributed by atoms with van der Waals surface area (Å²) in [7, 11) is 1.29. The number of aliphatic hydroxyl groups is 2. The lowest BCUT2D eigenvalue weighted by molar-refractivity contribution is -0.152. The number of aliphatic hydroxyl groups excluding tert-OH is 2. The van der Waals surface area contributed by atoms with Crippen molar-refractivity contribution in [3.8, 4) is 0 Å². The minimum absolute atomic E-state index is 0.0495. The summed E-state index contributed by atoms with van der Waals surface area (Å²) in [6.45, 7) is 10.7. The summed E-state index contributed by atoms with van der Waals surface area (Å²) in [6, 6.07) is 0. The maximum atomic E-state index is 14.1. The quantitative estimate of drug-likeness (QED) is 0.466. The molecular weight excluding hydrogens is 500 g/mol. The number of hydrogen-bond donors (Lipinski definition) is 2. The van der Waals surface area contributed by atoms with Crippen LogP contribution in [0.2, 0.25) is 0 Å². The van der Waals surface area contributed by atoms with Gasteiger partial charge in [-0.25, -0.2) is 0 Å². The fraction of sp³-hybridized carbons (Fsp3) is 0.774. The molecular formula is C31H44O8. The Balaban J connectivity index is 1.73. The van der Waals surface area contributed by atoms with Crippen LogP contribution < -0.4 is 0 Å². The van der Waals surface area contributed by atoms with E-state index in [1.165, 1.54) is 7.11 Å². The van der Waals surface area contributed by atoms with Crippen molar-refractivity contribution in [3.05, 3.63) is 11.1 Å². The average molecular weight is 545 g/mol. The SMILES string of the molecule is COC(=O)[C@@H](C)CC(=O)C[C@@H](C)[C@H]1C[C@@H](O)[C@@]2(C)C3=C(C(=O)C[C@]12C)[C@@]1(C)CCC(=O)[C@@](C)(CO)[C@@H]1CC3=O. The van der Waals surface area contributed by atoms with Crippen molar-refractivity contribution in [1.82, 2.24) is 0 Å². The smallest absolute Gasteiger partial charge is 0.308 e. The van der Waals surface area contributed by atoms with Gasteiger partial charge in [0.2, 0.25) is 0 Å². The van der Waals surface area contributed by atoms with E-state index in [4.69, 9.17) is 4.74 Å². The van der Waals surface area contributed by atoms with Gasteiger partial charge in [-0.3, -0.25) is 24.0 Å². The van der Waals surface area contributed by atoms with Gasteiger partial charge in [0.15, 0.2) is 11.6 Å². The minimum Gasteiger partial charge on any atom is -0.469 e. The van der Waals surface area contributed by atoms with Gasteiger partial charge in [-0.2, -0.15) is 0 Å². The third-order valence-corrected chi connectivity index (χ3v) is 11.7. The number of Topliss-reactive ketones (excluding diaryl/α,β-unsaturated/α-hetero) is 4. The highest BCUT2D eigenvalue weighted by atomic mass is 16.5. The molecule has 2 saturated carbocycles. The molecule has 216 valence electrons. The second-order valence-electron chi connectivity index (χ2n) is 13.8. The average Bonchev–Trinajstić information content (AvgIpc) is 3.07. The van der Waals surface area contributed by atoms with Crippen molar-refractivity contribution < 1.29 is 38.9 Å². The second kappa shape index (κ2) is 9.72. The molecule has 4 aliphatic carbocycles. The molecule has 0 aromatic rings. The molecule has 8 heteroatoms. The van der Waals surface area contributed by atoms with Gasteiger partial charge in [0, 0.05) is 54.1 Å². The van der Waals surface area contributed by atoms with E-state index in [0.717, 1.165) is 0 Å². The number of methoxy groups -OCH3 is 1. The molecule has 0 bridgehead atoms. The maximum Gasteiger partial charge on any atom is 0.308 e. The fourth-order valence-electron chi connectivity index (χ4n) is 9.16. The molecule has 39 heavy (non-hydrogen) atoms. The highest BCUT2D eigenvalue weighted by Gasteiger charge is 2.70. The Bertz CT molecular complexity index is 1150. The van der Waals surface area contributed by atoms with E-state index in [0.29, 0.717) is 24.0 Å². The number of esters is 1. The van der Waals surface area contributed by atoms with Gasteiger partial charge < -0.3 is 14.9 Å². The molecule has 0 amide bonds. The predicted octanol–water partition coefficient (Wildman–Crippen LogP) is 3.40. The lowest BCUT2D eigenvalue weighted by atomic mass is 9.42. The number of allylic oxidation sites excluding steroid dienone is 1. The summed E-state index contributed by atoms with van der Waals surface area (Å²) in [6.07, 6.45) is 0.594. The Morgan fingerprint density at radius 3 is 2.26 bits per heavy atom. The Morgan fingerprint density at radius 2 is 1.67 bits per heavy atom. The van der Waals surface area contributed by atoms with Crippen LogP contribution in [0.4, 0.5) is 0 Å². The zero-order valence-corrected chi connectivity index (χ0v) is 24.4. The van der Waals surface area contributed by atoms with Gasteiger partial charge in [-0.05, 0) is 36.0 Å². The normalized spacial score (nSPS) is 41.5. The van der Waals surface area contributed by atoms with E-state index in [9.17, 15) is 34.2 Å². The summed E-state index contributed by atoms with van der Waals surface area (Å²) in [5.74, 6) is -2.34. The number of hydrogen-bond acceptors (Lipinski definition) is 8. The molecule has 2 N–H and O–H groups in total. The zero-order chi connectivity index (χ0) is 29.3. The van der Waals surface area contributed by atoms with Crippen molar-refractivity contribution in [1.29, 1.82) is 0 Å². The van der Waals surface area contributed by atoms with Crippen LogP contribution in [0.5, 0.6) is 0 Å². The molecule has 4 aliphatic rings. The number of ketones is 4. The first-order chi connectivity index (χ1) is 18.0. The number of carbonyl (C=O) groups excluding carboxylic acids is 5. The lowest BCUT2D eigenvalue weighted by Crippen LogP contribution is -2.60. The molecule has 4 rings (SSSR count). The minimum atomic E-state index is -1.10. The third-order valence-electron chi connectivity index (χ3n) is 11.7. The van der Waals surface area contributed by atoms with Gasteiger partial charge in [0.1, 0.15) is 11.6 Å². The highest BCUT2D eigenvalue weighted by Crippen LogP contribution is 2.70. The zero-order valence-electron chi connectivity index (χ0n) is 24.4. The van der Waals surface area contributed by atoms with Crippen LogP contribution in [0.1, 0.15) is 86.5 Å². The number of ether oxygens (including phenoxy) is 1. The molecule has 2 fully saturated rings. The number of rotatable bonds is 7. The van der Waals surface area contributed by atoms with Crippen LogP contribution in [0, 0.1) is 45.3 Å². The van der Waals surface area contributed by atoms with Crippen molar-refractivity contribution in [2.45, 2.75) is 92.6 Å². The summed E-state index contributed by atoms with van der Waals surface area (Å²) in [5, 5.41) is 21.9. The topological polar surface area (TPSA) is 135 Å². The number of carbonyl (C=O) groups is 5.